The first-order valence-electron chi connectivity index (χ1n) is 10.9. The molecule has 0 saturated heterocycles. The van der Waals surface area contributed by atoms with Crippen LogP contribution in [0.4, 0.5) is 5.69 Å². The first kappa shape index (κ1) is 24.5. The molecule has 176 valence electrons. The Morgan fingerprint density at radius 2 is 1.38 bits per heavy atom. The van der Waals surface area contributed by atoms with Crippen molar-refractivity contribution in [3.8, 4) is 11.5 Å². The summed E-state index contributed by atoms with van der Waals surface area (Å²) in [5.41, 5.74) is 7.50. The van der Waals surface area contributed by atoms with Gasteiger partial charge >= 0.3 is 0 Å². The van der Waals surface area contributed by atoms with E-state index in [1.54, 1.807) is 19.1 Å². The van der Waals surface area contributed by atoms with Gasteiger partial charge in [-0.05, 0) is 68.1 Å². The lowest BCUT2D eigenvalue weighted by molar-refractivity contribution is -0.123. The Morgan fingerprint density at radius 1 is 0.765 bits per heavy atom. The van der Waals surface area contributed by atoms with Crippen LogP contribution >= 0.6 is 0 Å². The highest BCUT2D eigenvalue weighted by Gasteiger charge is 2.09. The number of hydrogen-bond donors (Lipinski definition) is 2. The van der Waals surface area contributed by atoms with Crippen molar-refractivity contribution in [1.82, 2.24) is 5.43 Å². The molecule has 0 aliphatic rings. The van der Waals surface area contributed by atoms with Gasteiger partial charge in [-0.3, -0.25) is 9.59 Å². The minimum absolute atomic E-state index is 0.0788. The van der Waals surface area contributed by atoms with Gasteiger partial charge in [0.15, 0.2) is 13.2 Å². The molecule has 0 unspecified atom stereocenters. The summed E-state index contributed by atoms with van der Waals surface area (Å²) in [6.45, 7) is 7.39. The fourth-order valence-corrected chi connectivity index (χ4v) is 3.26. The first-order chi connectivity index (χ1) is 16.3. The highest BCUT2D eigenvalue weighted by Crippen LogP contribution is 2.22. The van der Waals surface area contributed by atoms with E-state index in [1.165, 1.54) is 0 Å². The zero-order chi connectivity index (χ0) is 24.5. The maximum atomic E-state index is 12.3. The van der Waals surface area contributed by atoms with Gasteiger partial charge in [0.2, 0.25) is 0 Å². The second-order valence-corrected chi connectivity index (χ2v) is 7.92. The maximum Gasteiger partial charge on any atom is 0.277 e. The zero-order valence-electron chi connectivity index (χ0n) is 19.8. The van der Waals surface area contributed by atoms with Crippen LogP contribution in [0.15, 0.2) is 71.8 Å². The van der Waals surface area contributed by atoms with Crippen LogP contribution in [0.5, 0.6) is 11.5 Å². The van der Waals surface area contributed by atoms with E-state index in [0.717, 1.165) is 28.0 Å². The summed E-state index contributed by atoms with van der Waals surface area (Å²) in [6, 6.07) is 20.5. The summed E-state index contributed by atoms with van der Waals surface area (Å²) in [7, 11) is 0. The summed E-state index contributed by atoms with van der Waals surface area (Å²) in [6.07, 6.45) is 0. The van der Waals surface area contributed by atoms with E-state index in [2.05, 4.69) is 15.8 Å². The van der Waals surface area contributed by atoms with Crippen molar-refractivity contribution in [2.75, 3.05) is 18.5 Å². The predicted molar refractivity (Wildman–Crippen MR) is 134 cm³/mol. The number of anilines is 1. The Kier molecular flexibility index (Phi) is 8.40. The monoisotopic (exact) mass is 459 g/mol. The molecule has 0 spiro atoms. The molecule has 3 rings (SSSR count). The number of amides is 2. The number of nitrogens with one attached hydrogen (secondary N) is 2. The molecule has 0 bridgehead atoms. The number of carbonyl (C=O) groups excluding carboxylic acids is 2. The summed E-state index contributed by atoms with van der Waals surface area (Å²) < 4.78 is 11.2. The normalized spacial score (nSPS) is 11.0. The average Bonchev–Trinajstić information content (AvgIpc) is 2.82. The number of hydrogen-bond acceptors (Lipinski definition) is 5. The Morgan fingerprint density at radius 3 is 2.06 bits per heavy atom. The lowest BCUT2D eigenvalue weighted by atomic mass is 10.1. The summed E-state index contributed by atoms with van der Waals surface area (Å²) >= 11 is 0. The molecule has 0 heterocycles. The smallest absolute Gasteiger partial charge is 0.277 e. The standard InChI is InChI=1S/C27H29N3O4/c1-18-8-5-6-11-24(18)33-17-26(32)30-29-21(4)22-12-14-23(15-13-22)28-25(31)16-34-27-19(2)9-7-10-20(27)3/h5-15H,16-17H2,1-4H3,(H,28,31)(H,30,32)/b29-21-. The number of nitrogens with zero attached hydrogens (tertiary/aromatic N) is 1. The van der Waals surface area contributed by atoms with Crippen LogP contribution in [0.1, 0.15) is 29.2 Å². The van der Waals surface area contributed by atoms with Gasteiger partial charge in [0, 0.05) is 5.69 Å². The topological polar surface area (TPSA) is 89.0 Å². The zero-order valence-corrected chi connectivity index (χ0v) is 19.8. The van der Waals surface area contributed by atoms with Gasteiger partial charge in [-0.15, -0.1) is 0 Å². The molecule has 3 aromatic rings. The molecule has 0 aromatic heterocycles. The summed E-state index contributed by atoms with van der Waals surface area (Å²) in [5.74, 6) is 0.790. The van der Waals surface area contributed by atoms with E-state index in [0.29, 0.717) is 17.1 Å². The third-order valence-electron chi connectivity index (χ3n) is 5.14. The van der Waals surface area contributed by atoms with Crippen LogP contribution in [0, 0.1) is 20.8 Å². The number of aryl methyl sites for hydroxylation is 3. The highest BCUT2D eigenvalue weighted by molar-refractivity contribution is 6.00. The fourth-order valence-electron chi connectivity index (χ4n) is 3.26. The largest absolute Gasteiger partial charge is 0.483 e. The van der Waals surface area contributed by atoms with Crippen LogP contribution in [0.25, 0.3) is 0 Å². The molecule has 2 N–H and O–H groups in total. The van der Waals surface area contributed by atoms with Crippen LogP contribution < -0.4 is 20.2 Å². The van der Waals surface area contributed by atoms with E-state index in [4.69, 9.17) is 9.47 Å². The minimum atomic E-state index is -0.352. The number of hydrazone groups is 1. The van der Waals surface area contributed by atoms with Crippen molar-refractivity contribution in [2.45, 2.75) is 27.7 Å². The van der Waals surface area contributed by atoms with E-state index in [-0.39, 0.29) is 25.0 Å². The van der Waals surface area contributed by atoms with Crippen molar-refractivity contribution < 1.29 is 19.1 Å². The fraction of sp³-hybridized carbons (Fsp3) is 0.222. The van der Waals surface area contributed by atoms with E-state index in [9.17, 15) is 9.59 Å². The molecule has 0 saturated carbocycles. The number of carbonyl (C=O) groups is 2. The van der Waals surface area contributed by atoms with Gasteiger partial charge in [0.05, 0.1) is 5.71 Å². The van der Waals surface area contributed by atoms with E-state index >= 15 is 0 Å². The van der Waals surface area contributed by atoms with Gasteiger partial charge in [0.1, 0.15) is 11.5 Å². The Hall–Kier alpha value is -4.13. The Balaban J connectivity index is 1.48. The second-order valence-electron chi connectivity index (χ2n) is 7.92. The molecule has 0 fully saturated rings. The summed E-state index contributed by atoms with van der Waals surface area (Å²) in [4.78, 5) is 24.3. The molecular formula is C27H29N3O4. The third-order valence-corrected chi connectivity index (χ3v) is 5.14. The minimum Gasteiger partial charge on any atom is -0.483 e. The second kappa shape index (κ2) is 11.7. The molecule has 7 heteroatoms. The molecule has 0 aliphatic carbocycles. The lowest BCUT2D eigenvalue weighted by Gasteiger charge is -2.12. The van der Waals surface area contributed by atoms with Gasteiger partial charge in [-0.1, -0.05) is 48.5 Å². The first-order valence-corrected chi connectivity index (χ1v) is 10.9. The van der Waals surface area contributed by atoms with Crippen LogP contribution in [0.3, 0.4) is 0 Å². The van der Waals surface area contributed by atoms with Crippen LogP contribution in [0.2, 0.25) is 0 Å². The van der Waals surface area contributed by atoms with Gasteiger partial charge in [0.25, 0.3) is 11.8 Å². The van der Waals surface area contributed by atoms with Gasteiger partial charge in [-0.2, -0.15) is 5.10 Å². The maximum absolute atomic E-state index is 12.3. The molecule has 3 aromatic carbocycles. The molecule has 34 heavy (non-hydrogen) atoms. The van der Waals surface area contributed by atoms with Crippen LogP contribution in [-0.2, 0) is 9.59 Å². The van der Waals surface area contributed by atoms with Crippen molar-refractivity contribution in [1.29, 1.82) is 0 Å². The van der Waals surface area contributed by atoms with Crippen molar-refractivity contribution in [3.05, 3.63) is 89.0 Å². The molecule has 7 nitrogen and oxygen atoms in total. The summed E-state index contributed by atoms with van der Waals surface area (Å²) in [5, 5.41) is 6.94. The van der Waals surface area contributed by atoms with Crippen molar-refractivity contribution >= 4 is 23.2 Å². The predicted octanol–water partition coefficient (Wildman–Crippen LogP) is 4.55. The Labute approximate surface area is 199 Å². The number of ether oxygens (including phenoxy) is 2. The molecule has 2 amide bonds. The van der Waals surface area contributed by atoms with Gasteiger partial charge < -0.3 is 14.8 Å². The van der Waals surface area contributed by atoms with Crippen molar-refractivity contribution in [3.63, 3.8) is 0 Å². The Bertz CT molecular complexity index is 1170. The number of para-hydroxylation sites is 2. The quantitative estimate of drug-likeness (QED) is 0.363. The highest BCUT2D eigenvalue weighted by atomic mass is 16.5. The molecular weight excluding hydrogens is 430 g/mol. The molecule has 0 atom stereocenters. The molecule has 0 aliphatic heterocycles. The van der Waals surface area contributed by atoms with Crippen LogP contribution in [-0.4, -0.2) is 30.7 Å². The number of benzene rings is 3. The third kappa shape index (κ3) is 6.93. The number of rotatable bonds is 9. The SMILES string of the molecule is C/C(=N/NC(=O)COc1ccccc1C)c1ccc(NC(=O)COc2c(C)cccc2C)cc1. The van der Waals surface area contributed by atoms with Crippen molar-refractivity contribution in [2.24, 2.45) is 5.10 Å². The van der Waals surface area contributed by atoms with E-state index < -0.39 is 0 Å². The lowest BCUT2D eigenvalue weighted by Crippen LogP contribution is -2.25. The average molecular weight is 460 g/mol. The van der Waals surface area contributed by atoms with E-state index in [1.807, 2.05) is 75.4 Å². The van der Waals surface area contributed by atoms with Gasteiger partial charge in [-0.25, -0.2) is 5.43 Å². The molecule has 0 radical (unpaired) electrons.